The monoisotopic (exact) mass is 308 g/mol. The maximum atomic E-state index is 12.4. The van der Waals surface area contributed by atoms with Gasteiger partial charge in [0.15, 0.2) is 6.04 Å². The van der Waals surface area contributed by atoms with Crippen molar-refractivity contribution in [3.8, 4) is 0 Å². The second kappa shape index (κ2) is 6.85. The number of rotatable bonds is 4. The molecule has 2 atom stereocenters. The fourth-order valence-electron chi connectivity index (χ4n) is 2.64. The summed E-state index contributed by atoms with van der Waals surface area (Å²) in [5.74, 6) is -0.191. The molecule has 1 aliphatic heterocycles. The van der Waals surface area contributed by atoms with Crippen molar-refractivity contribution in [3.05, 3.63) is 35.4 Å². The highest BCUT2D eigenvalue weighted by atomic mass is 32.2. The number of amides is 2. The van der Waals surface area contributed by atoms with Crippen LogP contribution in [0.4, 0.5) is 4.79 Å². The summed E-state index contributed by atoms with van der Waals surface area (Å²) in [7, 11) is 0. The number of nitrogens with zero attached hydrogens (tertiary/aromatic N) is 1. The number of hydrogen-bond donors (Lipinski definition) is 2. The predicted molar refractivity (Wildman–Crippen MR) is 83.6 cm³/mol. The summed E-state index contributed by atoms with van der Waals surface area (Å²) in [6, 6.07) is 6.23. The molecule has 1 aromatic carbocycles. The minimum Gasteiger partial charge on any atom is -0.479 e. The van der Waals surface area contributed by atoms with E-state index in [1.165, 1.54) is 4.90 Å². The molecule has 0 fully saturated rings. The van der Waals surface area contributed by atoms with Crippen molar-refractivity contribution < 1.29 is 14.7 Å². The molecule has 0 spiro atoms. The quantitative estimate of drug-likeness (QED) is 0.894. The second-order valence-electron chi connectivity index (χ2n) is 5.19. The van der Waals surface area contributed by atoms with E-state index < -0.39 is 12.0 Å². The third-order valence-corrected chi connectivity index (χ3v) is 4.40. The smallest absolute Gasteiger partial charge is 0.331 e. The van der Waals surface area contributed by atoms with Crippen LogP contribution < -0.4 is 5.32 Å². The van der Waals surface area contributed by atoms with E-state index >= 15 is 0 Å². The Morgan fingerprint density at radius 1 is 1.48 bits per heavy atom. The van der Waals surface area contributed by atoms with Gasteiger partial charge in [0, 0.05) is 18.3 Å². The Morgan fingerprint density at radius 3 is 2.86 bits per heavy atom. The zero-order valence-electron chi connectivity index (χ0n) is 12.2. The normalized spacial score (nSPS) is 18.8. The summed E-state index contributed by atoms with van der Waals surface area (Å²) in [6.07, 6.45) is 2.66. The molecule has 0 aliphatic carbocycles. The van der Waals surface area contributed by atoms with Gasteiger partial charge in [-0.3, -0.25) is 0 Å². The molecule has 2 rings (SSSR count). The minimum absolute atomic E-state index is 0.0131. The van der Waals surface area contributed by atoms with Crippen molar-refractivity contribution in [2.24, 2.45) is 0 Å². The average Bonchev–Trinajstić information content (AvgIpc) is 2.45. The van der Waals surface area contributed by atoms with Crippen LogP contribution >= 0.6 is 11.8 Å². The third-order valence-electron chi connectivity index (χ3n) is 3.56. The first-order valence-electron chi connectivity index (χ1n) is 6.91. The van der Waals surface area contributed by atoms with Crippen molar-refractivity contribution in [3.63, 3.8) is 0 Å². The Balaban J connectivity index is 2.20. The second-order valence-corrected chi connectivity index (χ2v) is 6.10. The highest BCUT2D eigenvalue weighted by Crippen LogP contribution is 2.29. The summed E-state index contributed by atoms with van der Waals surface area (Å²) in [6.45, 7) is 2.34. The first kappa shape index (κ1) is 15.7. The Labute approximate surface area is 128 Å². The molecular formula is C15H20N2O3S. The van der Waals surface area contributed by atoms with Crippen LogP contribution in [0.1, 0.15) is 24.1 Å². The highest BCUT2D eigenvalue weighted by molar-refractivity contribution is 7.98. The lowest BCUT2D eigenvalue weighted by Gasteiger charge is -2.35. The van der Waals surface area contributed by atoms with Crippen molar-refractivity contribution in [1.29, 1.82) is 0 Å². The molecule has 114 valence electrons. The lowest BCUT2D eigenvalue weighted by Crippen LogP contribution is -2.50. The minimum atomic E-state index is -0.991. The first-order chi connectivity index (χ1) is 10.0. The zero-order chi connectivity index (χ0) is 15.4. The van der Waals surface area contributed by atoms with Crippen LogP contribution in [0, 0.1) is 0 Å². The molecule has 6 heteroatoms. The molecule has 1 heterocycles. The molecule has 1 aliphatic rings. The maximum Gasteiger partial charge on any atom is 0.331 e. The van der Waals surface area contributed by atoms with Crippen molar-refractivity contribution >= 4 is 23.8 Å². The van der Waals surface area contributed by atoms with Gasteiger partial charge in [0.05, 0.1) is 0 Å². The average molecular weight is 308 g/mol. The van der Waals surface area contributed by atoms with E-state index in [2.05, 4.69) is 5.32 Å². The zero-order valence-corrected chi connectivity index (χ0v) is 13.0. The van der Waals surface area contributed by atoms with E-state index in [9.17, 15) is 14.7 Å². The summed E-state index contributed by atoms with van der Waals surface area (Å²) < 4.78 is 0. The van der Waals surface area contributed by atoms with Crippen LogP contribution in [0.3, 0.4) is 0 Å². The van der Waals surface area contributed by atoms with E-state index in [1.807, 2.05) is 31.4 Å². The van der Waals surface area contributed by atoms with E-state index in [1.54, 1.807) is 17.8 Å². The molecule has 0 aromatic heterocycles. The van der Waals surface area contributed by atoms with Crippen molar-refractivity contribution in [1.82, 2.24) is 10.2 Å². The highest BCUT2D eigenvalue weighted by Gasteiger charge is 2.35. The number of nitrogens with one attached hydrogen (secondary N) is 1. The van der Waals surface area contributed by atoms with Crippen LogP contribution in [0.5, 0.6) is 0 Å². The number of aliphatic carboxylic acids is 1. The van der Waals surface area contributed by atoms with Crippen LogP contribution in [0.2, 0.25) is 0 Å². The molecule has 2 N–H and O–H groups in total. The van der Waals surface area contributed by atoms with Gasteiger partial charge < -0.3 is 15.3 Å². The van der Waals surface area contributed by atoms with Crippen LogP contribution in [-0.4, -0.2) is 46.6 Å². The predicted octanol–water partition coefficient (Wildman–Crippen LogP) is 2.13. The number of carbonyl (C=O) groups is 2. The number of thioether (sulfide) groups is 1. The van der Waals surface area contributed by atoms with Gasteiger partial charge in [0.25, 0.3) is 0 Å². The van der Waals surface area contributed by atoms with Gasteiger partial charge in [-0.25, -0.2) is 9.59 Å². The Hall–Kier alpha value is -1.69. The number of hydrogen-bond acceptors (Lipinski definition) is 3. The fourth-order valence-corrected chi connectivity index (χ4v) is 3.22. The molecule has 0 radical (unpaired) electrons. The standard InChI is InChI=1S/C15H20N2O3S/c1-10(9-21-2)16-15(20)17-8-7-11-5-3-4-6-12(11)13(17)14(18)19/h3-6,10,13H,7-9H2,1-2H3,(H,16,20)(H,18,19). The number of fused-ring (bicyclic) bond motifs is 1. The number of urea groups is 1. The van der Waals surface area contributed by atoms with Gasteiger partial charge >= 0.3 is 12.0 Å². The number of carboxylic acids is 1. The third kappa shape index (κ3) is 3.50. The Morgan fingerprint density at radius 2 is 2.19 bits per heavy atom. The Kier molecular flexibility index (Phi) is 5.12. The van der Waals surface area contributed by atoms with Gasteiger partial charge in [-0.15, -0.1) is 0 Å². The largest absolute Gasteiger partial charge is 0.479 e. The van der Waals surface area contributed by atoms with E-state index in [-0.39, 0.29) is 12.1 Å². The molecular weight excluding hydrogens is 288 g/mol. The number of carbonyl (C=O) groups excluding carboxylic acids is 1. The topological polar surface area (TPSA) is 69.6 Å². The molecule has 2 unspecified atom stereocenters. The Bertz CT molecular complexity index is 535. The molecule has 0 bridgehead atoms. The van der Waals surface area contributed by atoms with E-state index in [4.69, 9.17) is 0 Å². The van der Waals surface area contributed by atoms with Gasteiger partial charge in [-0.05, 0) is 30.7 Å². The molecule has 0 saturated carbocycles. The maximum absolute atomic E-state index is 12.4. The summed E-state index contributed by atoms with van der Waals surface area (Å²) in [5.41, 5.74) is 1.72. The van der Waals surface area contributed by atoms with Crippen LogP contribution in [-0.2, 0) is 11.2 Å². The number of carboxylic acid groups (broad SMARTS) is 1. The molecule has 5 nitrogen and oxygen atoms in total. The summed E-state index contributed by atoms with van der Waals surface area (Å²) in [5, 5.41) is 12.4. The molecule has 0 saturated heterocycles. The lowest BCUT2D eigenvalue weighted by atomic mass is 9.93. The van der Waals surface area contributed by atoms with Gasteiger partial charge in [-0.2, -0.15) is 11.8 Å². The van der Waals surface area contributed by atoms with Gasteiger partial charge in [0.2, 0.25) is 0 Å². The van der Waals surface area contributed by atoms with E-state index in [0.717, 1.165) is 11.3 Å². The molecule has 21 heavy (non-hydrogen) atoms. The lowest BCUT2D eigenvalue weighted by molar-refractivity contribution is -0.142. The van der Waals surface area contributed by atoms with Gasteiger partial charge in [-0.1, -0.05) is 24.3 Å². The first-order valence-corrected chi connectivity index (χ1v) is 8.30. The molecule has 1 aromatic rings. The van der Waals surface area contributed by atoms with Gasteiger partial charge in [0.1, 0.15) is 0 Å². The number of benzene rings is 1. The fraction of sp³-hybridized carbons (Fsp3) is 0.467. The van der Waals surface area contributed by atoms with Crippen molar-refractivity contribution in [2.45, 2.75) is 25.4 Å². The molecule has 2 amide bonds. The SMILES string of the molecule is CSCC(C)NC(=O)N1CCc2ccccc2C1C(=O)O. The van der Waals surface area contributed by atoms with Crippen LogP contribution in [0.25, 0.3) is 0 Å². The van der Waals surface area contributed by atoms with E-state index in [0.29, 0.717) is 18.5 Å². The van der Waals surface area contributed by atoms with Crippen LogP contribution in [0.15, 0.2) is 24.3 Å². The summed E-state index contributed by atoms with van der Waals surface area (Å²) >= 11 is 1.64. The summed E-state index contributed by atoms with van der Waals surface area (Å²) in [4.78, 5) is 25.4. The van der Waals surface area contributed by atoms with Crippen molar-refractivity contribution in [2.75, 3.05) is 18.6 Å².